The first-order valence-corrected chi connectivity index (χ1v) is 6.66. The minimum atomic E-state index is -1.04. The first kappa shape index (κ1) is 14.8. The van der Waals surface area contributed by atoms with Crippen molar-refractivity contribution in [2.45, 2.75) is 6.61 Å². The van der Waals surface area contributed by atoms with E-state index in [4.69, 9.17) is 4.74 Å². The smallest absolute Gasteiger partial charge is 0.188 e. The Bertz CT molecular complexity index is 612. The van der Waals surface area contributed by atoms with E-state index >= 15 is 0 Å². The normalized spacial score (nSPS) is 10.6. The molecule has 20 heavy (non-hydrogen) atoms. The van der Waals surface area contributed by atoms with E-state index in [1.807, 2.05) is 24.3 Å². The summed E-state index contributed by atoms with van der Waals surface area (Å²) >= 11 is 3.32. The summed E-state index contributed by atoms with van der Waals surface area (Å²) in [6, 6.07) is 10.5. The van der Waals surface area contributed by atoms with Crippen molar-refractivity contribution in [2.24, 2.45) is 0 Å². The summed E-state index contributed by atoms with van der Waals surface area (Å²) in [7, 11) is 0. The third-order valence-corrected chi connectivity index (χ3v) is 3.19. The van der Waals surface area contributed by atoms with Gasteiger partial charge in [0.15, 0.2) is 17.4 Å². The van der Waals surface area contributed by atoms with Crippen molar-refractivity contribution in [3.05, 3.63) is 69.7 Å². The summed E-state index contributed by atoms with van der Waals surface area (Å²) < 4.78 is 32.0. The molecule has 0 unspecified atom stereocenters. The van der Waals surface area contributed by atoms with Gasteiger partial charge < -0.3 is 4.74 Å². The predicted molar refractivity (Wildman–Crippen MR) is 74.5 cm³/mol. The number of ether oxygens (including phenoxy) is 1. The zero-order valence-corrected chi connectivity index (χ0v) is 12.0. The van der Waals surface area contributed by atoms with Gasteiger partial charge >= 0.3 is 0 Å². The first-order valence-electron chi connectivity index (χ1n) is 5.86. The summed E-state index contributed by atoms with van der Waals surface area (Å²) in [5.41, 5.74) is 1.02. The molecule has 5 heteroatoms. The van der Waals surface area contributed by atoms with Gasteiger partial charge in [0.25, 0.3) is 0 Å². The number of benzene rings is 2. The number of ketones is 1. The number of hydrogen-bond donors (Lipinski definition) is 0. The lowest BCUT2D eigenvalue weighted by molar-refractivity contribution is 0.0726. The molecule has 0 bridgehead atoms. The number of Topliss-reactive ketones (excluding diaryl/α,β-unsaturated/α-hetero) is 1. The van der Waals surface area contributed by atoms with Gasteiger partial charge in [-0.05, 0) is 35.9 Å². The van der Waals surface area contributed by atoms with Crippen LogP contribution in [-0.2, 0) is 11.3 Å². The first-order chi connectivity index (χ1) is 9.56. The third-order valence-electron chi connectivity index (χ3n) is 2.66. The molecule has 0 heterocycles. The van der Waals surface area contributed by atoms with Crippen molar-refractivity contribution in [1.29, 1.82) is 0 Å². The molecule has 0 spiro atoms. The van der Waals surface area contributed by atoms with E-state index in [1.54, 1.807) is 0 Å². The van der Waals surface area contributed by atoms with E-state index in [2.05, 4.69) is 15.9 Å². The lowest BCUT2D eigenvalue weighted by Gasteiger charge is -2.05. The molecule has 0 fully saturated rings. The topological polar surface area (TPSA) is 26.3 Å². The molecule has 2 nitrogen and oxygen atoms in total. The van der Waals surface area contributed by atoms with Gasteiger partial charge in [-0.15, -0.1) is 0 Å². The Morgan fingerprint density at radius 2 is 1.75 bits per heavy atom. The van der Waals surface area contributed by atoms with Crippen LogP contribution >= 0.6 is 15.9 Å². The van der Waals surface area contributed by atoms with Crippen molar-refractivity contribution < 1.29 is 18.3 Å². The van der Waals surface area contributed by atoms with Crippen molar-refractivity contribution in [2.75, 3.05) is 6.61 Å². The van der Waals surface area contributed by atoms with Crippen LogP contribution in [0.3, 0.4) is 0 Å². The molecule has 0 aliphatic rings. The maximum atomic E-state index is 13.0. The van der Waals surface area contributed by atoms with Crippen molar-refractivity contribution in [3.63, 3.8) is 0 Å². The van der Waals surface area contributed by atoms with Crippen LogP contribution in [0.25, 0.3) is 0 Å². The molecule has 104 valence electrons. The molecule has 0 radical (unpaired) electrons. The molecule has 2 aromatic carbocycles. The Kier molecular flexibility index (Phi) is 4.98. The number of carbonyl (C=O) groups excluding carboxylic acids is 1. The Labute approximate surface area is 123 Å². The molecule has 0 aliphatic carbocycles. The van der Waals surface area contributed by atoms with Crippen LogP contribution in [0.4, 0.5) is 8.78 Å². The molecular formula is C15H11BrF2O2. The minimum absolute atomic E-state index is 0.0970. The highest BCUT2D eigenvalue weighted by Gasteiger charge is 2.10. The number of hydrogen-bond acceptors (Lipinski definition) is 2. The summed E-state index contributed by atoms with van der Waals surface area (Å²) in [4.78, 5) is 11.7. The maximum Gasteiger partial charge on any atom is 0.188 e. The van der Waals surface area contributed by atoms with Crippen LogP contribution < -0.4 is 0 Å². The van der Waals surface area contributed by atoms with Gasteiger partial charge in [0.2, 0.25) is 0 Å². The van der Waals surface area contributed by atoms with Gasteiger partial charge in [0.05, 0.1) is 6.61 Å². The Hall–Kier alpha value is -1.59. The monoisotopic (exact) mass is 340 g/mol. The summed E-state index contributed by atoms with van der Waals surface area (Å²) in [5.74, 6) is -2.40. The summed E-state index contributed by atoms with van der Waals surface area (Å²) in [5, 5.41) is 0. The van der Waals surface area contributed by atoms with Crippen LogP contribution in [0.2, 0.25) is 0 Å². The van der Waals surface area contributed by atoms with E-state index in [1.165, 1.54) is 6.07 Å². The Morgan fingerprint density at radius 3 is 2.40 bits per heavy atom. The molecule has 0 N–H and O–H groups in total. The third kappa shape index (κ3) is 3.95. The summed E-state index contributed by atoms with van der Waals surface area (Å²) in [6.07, 6.45) is 0. The van der Waals surface area contributed by atoms with Gasteiger partial charge in [-0.25, -0.2) is 8.78 Å². The van der Waals surface area contributed by atoms with Crippen LogP contribution in [0.1, 0.15) is 15.9 Å². The Morgan fingerprint density at radius 1 is 1.05 bits per heavy atom. The fourth-order valence-corrected chi connectivity index (χ4v) is 1.86. The van der Waals surface area contributed by atoms with Crippen LogP contribution in [0.15, 0.2) is 46.9 Å². The highest BCUT2D eigenvalue weighted by Crippen LogP contribution is 2.12. The van der Waals surface area contributed by atoms with Crippen molar-refractivity contribution >= 4 is 21.7 Å². The second-order valence-electron chi connectivity index (χ2n) is 4.17. The lowest BCUT2D eigenvalue weighted by atomic mass is 10.1. The average molecular weight is 341 g/mol. The fraction of sp³-hybridized carbons (Fsp3) is 0.133. The van der Waals surface area contributed by atoms with E-state index < -0.39 is 11.6 Å². The minimum Gasteiger partial charge on any atom is -0.369 e. The largest absolute Gasteiger partial charge is 0.369 e. The molecule has 0 aliphatic heterocycles. The molecule has 0 saturated carbocycles. The fourth-order valence-electron chi connectivity index (χ4n) is 1.60. The zero-order chi connectivity index (χ0) is 14.5. The van der Waals surface area contributed by atoms with E-state index in [9.17, 15) is 13.6 Å². The van der Waals surface area contributed by atoms with E-state index in [0.717, 1.165) is 22.2 Å². The van der Waals surface area contributed by atoms with Gasteiger partial charge in [0, 0.05) is 10.0 Å². The van der Waals surface area contributed by atoms with Crippen LogP contribution in [0, 0.1) is 11.6 Å². The van der Waals surface area contributed by atoms with E-state index in [-0.39, 0.29) is 24.6 Å². The maximum absolute atomic E-state index is 13.0. The number of rotatable bonds is 5. The Balaban J connectivity index is 1.88. The van der Waals surface area contributed by atoms with Gasteiger partial charge in [-0.3, -0.25) is 4.79 Å². The highest BCUT2D eigenvalue weighted by molar-refractivity contribution is 9.10. The van der Waals surface area contributed by atoms with Crippen LogP contribution in [-0.4, -0.2) is 12.4 Å². The molecular weight excluding hydrogens is 330 g/mol. The standard InChI is InChI=1S/C15H11BrF2O2/c16-12-4-1-10(2-5-12)8-20-9-15(19)11-3-6-13(17)14(18)7-11/h1-7H,8-9H2. The second kappa shape index (κ2) is 6.72. The molecule has 2 aromatic rings. The molecule has 0 amide bonds. The van der Waals surface area contributed by atoms with Gasteiger partial charge in [-0.1, -0.05) is 28.1 Å². The quantitative estimate of drug-likeness (QED) is 0.765. The predicted octanol–water partition coefficient (Wildman–Crippen LogP) is 4.13. The lowest BCUT2D eigenvalue weighted by Crippen LogP contribution is -2.09. The molecule has 0 aromatic heterocycles. The highest BCUT2D eigenvalue weighted by atomic mass is 79.9. The molecule has 0 atom stereocenters. The summed E-state index contributed by atoms with van der Waals surface area (Å²) in [6.45, 7) is 0.101. The SMILES string of the molecule is O=C(COCc1ccc(Br)cc1)c1ccc(F)c(F)c1. The molecule has 2 rings (SSSR count). The van der Waals surface area contributed by atoms with Crippen molar-refractivity contribution in [1.82, 2.24) is 0 Å². The van der Waals surface area contributed by atoms with E-state index in [0.29, 0.717) is 0 Å². The number of carbonyl (C=O) groups is 1. The van der Waals surface area contributed by atoms with Gasteiger partial charge in [-0.2, -0.15) is 0 Å². The van der Waals surface area contributed by atoms with Crippen LogP contribution in [0.5, 0.6) is 0 Å². The molecule has 0 saturated heterocycles. The number of halogens is 3. The zero-order valence-electron chi connectivity index (χ0n) is 10.4. The van der Waals surface area contributed by atoms with Gasteiger partial charge in [0.1, 0.15) is 6.61 Å². The van der Waals surface area contributed by atoms with Crippen molar-refractivity contribution in [3.8, 4) is 0 Å². The average Bonchev–Trinajstić information content (AvgIpc) is 2.44. The second-order valence-corrected chi connectivity index (χ2v) is 5.09.